The summed E-state index contributed by atoms with van der Waals surface area (Å²) in [4.78, 5) is 23.4. The highest BCUT2D eigenvalue weighted by atomic mass is 127. The fourth-order valence-electron chi connectivity index (χ4n) is 3.30. The summed E-state index contributed by atoms with van der Waals surface area (Å²) in [5.74, 6) is -0.390. The smallest absolute Gasteiger partial charge is 0.341 e. The predicted molar refractivity (Wildman–Crippen MR) is 117 cm³/mol. The van der Waals surface area contributed by atoms with Crippen LogP contribution >= 0.6 is 22.6 Å². The molecule has 0 aromatic heterocycles. The van der Waals surface area contributed by atoms with Gasteiger partial charge in [0.15, 0.2) is 18.1 Å². The number of carbonyl (C=O) groups is 2. The van der Waals surface area contributed by atoms with Crippen molar-refractivity contribution in [2.45, 2.75) is 45.6 Å². The number of rotatable bonds is 8. The van der Waals surface area contributed by atoms with Crippen molar-refractivity contribution in [1.82, 2.24) is 5.32 Å². The van der Waals surface area contributed by atoms with E-state index in [1.807, 2.05) is 28.7 Å². The van der Waals surface area contributed by atoms with Gasteiger partial charge >= 0.3 is 5.97 Å². The van der Waals surface area contributed by atoms with Gasteiger partial charge in [0.2, 0.25) is 0 Å². The normalized spacial score (nSPS) is 19.2. The second-order valence-corrected chi connectivity index (χ2v) is 8.12. The average molecular weight is 512 g/mol. The fourth-order valence-corrected chi connectivity index (χ4v) is 4.08. The van der Waals surface area contributed by atoms with E-state index in [0.29, 0.717) is 33.2 Å². The fraction of sp³-hybridized carbons (Fsp3) is 0.476. The maximum absolute atomic E-state index is 12.6. The number of amides is 1. The molecule has 0 radical (unpaired) electrons. The van der Waals surface area contributed by atoms with Crippen LogP contribution in [0.2, 0.25) is 0 Å². The van der Waals surface area contributed by atoms with Crippen molar-refractivity contribution in [3.05, 3.63) is 26.8 Å². The molecule has 1 aliphatic rings. The zero-order chi connectivity index (χ0) is 21.4. The first-order valence-corrected chi connectivity index (χ1v) is 10.7. The zero-order valence-electron chi connectivity index (χ0n) is 16.5. The molecule has 1 fully saturated rings. The number of hydrogen-bond donors (Lipinski definition) is 2. The van der Waals surface area contributed by atoms with Gasteiger partial charge in [-0.15, -0.1) is 0 Å². The van der Waals surface area contributed by atoms with Crippen molar-refractivity contribution in [3.63, 3.8) is 0 Å². The first kappa shape index (κ1) is 23.0. The second-order valence-electron chi connectivity index (χ2n) is 6.96. The molecule has 0 heterocycles. The van der Waals surface area contributed by atoms with Crippen molar-refractivity contribution in [1.29, 1.82) is 5.26 Å². The third-order valence-corrected chi connectivity index (χ3v) is 5.58. The van der Waals surface area contributed by atoms with Crippen molar-refractivity contribution >= 4 is 40.5 Å². The second kappa shape index (κ2) is 11.0. The van der Waals surface area contributed by atoms with Crippen LogP contribution in [0.1, 0.15) is 45.1 Å². The molecule has 0 aliphatic heterocycles. The Kier molecular flexibility index (Phi) is 8.76. The van der Waals surface area contributed by atoms with E-state index in [4.69, 9.17) is 14.6 Å². The number of carboxylic acid groups (broad SMARTS) is 1. The summed E-state index contributed by atoms with van der Waals surface area (Å²) in [6.45, 7) is 3.79. The lowest BCUT2D eigenvalue weighted by Gasteiger charge is -2.29. The van der Waals surface area contributed by atoms with Gasteiger partial charge in [0.1, 0.15) is 11.6 Å². The first-order valence-electron chi connectivity index (χ1n) is 9.59. The number of hydrogen-bond acceptors (Lipinski definition) is 5. The summed E-state index contributed by atoms with van der Waals surface area (Å²) < 4.78 is 11.5. The molecule has 0 spiro atoms. The number of nitriles is 1. The van der Waals surface area contributed by atoms with E-state index in [1.165, 1.54) is 12.5 Å². The molecule has 8 heteroatoms. The van der Waals surface area contributed by atoms with Crippen LogP contribution in [0.4, 0.5) is 0 Å². The van der Waals surface area contributed by atoms with Crippen molar-refractivity contribution in [3.8, 4) is 17.6 Å². The SMILES string of the molecule is CCOc1cc(/C=C(\C#N)C(=O)N[C@@H]2CCCC[C@@H]2C)cc(I)c1OCC(=O)O. The standard InChI is InChI=1S/C21H25IN2O5/c1-3-28-18-10-14(9-16(22)20(18)29-12-19(25)26)8-15(11-23)21(27)24-17-7-5-4-6-13(17)2/h8-10,13,17H,3-7,12H2,1-2H3,(H,24,27)(H,25,26)/b15-8+/t13-,17+/m0/s1. The molecule has 29 heavy (non-hydrogen) atoms. The molecule has 2 N–H and O–H groups in total. The molecule has 2 atom stereocenters. The molecule has 1 aromatic carbocycles. The maximum Gasteiger partial charge on any atom is 0.341 e. The molecule has 1 amide bonds. The van der Waals surface area contributed by atoms with Gasteiger partial charge in [-0.05, 0) is 72.0 Å². The van der Waals surface area contributed by atoms with Crippen LogP contribution in [0, 0.1) is 20.8 Å². The lowest BCUT2D eigenvalue weighted by Crippen LogP contribution is -2.41. The van der Waals surface area contributed by atoms with Gasteiger partial charge < -0.3 is 19.9 Å². The summed E-state index contributed by atoms with van der Waals surface area (Å²) in [7, 11) is 0. The Bertz CT molecular complexity index is 831. The Balaban J connectivity index is 2.26. The van der Waals surface area contributed by atoms with E-state index in [0.717, 1.165) is 19.3 Å². The number of carbonyl (C=O) groups excluding carboxylic acids is 1. The van der Waals surface area contributed by atoms with Crippen molar-refractivity contribution < 1.29 is 24.2 Å². The Labute approximate surface area is 184 Å². The number of aliphatic carboxylic acids is 1. The highest BCUT2D eigenvalue weighted by Gasteiger charge is 2.24. The van der Waals surface area contributed by atoms with Crippen LogP contribution in [-0.2, 0) is 9.59 Å². The quantitative estimate of drug-likeness (QED) is 0.312. The van der Waals surface area contributed by atoms with E-state index < -0.39 is 12.6 Å². The van der Waals surface area contributed by atoms with Crippen molar-refractivity contribution in [2.24, 2.45) is 5.92 Å². The molecule has 0 saturated heterocycles. The third kappa shape index (κ3) is 6.63. The highest BCUT2D eigenvalue weighted by molar-refractivity contribution is 14.1. The average Bonchev–Trinajstić information content (AvgIpc) is 2.67. The first-order chi connectivity index (χ1) is 13.8. The van der Waals surface area contributed by atoms with Gasteiger partial charge in [-0.25, -0.2) is 4.79 Å². The molecule has 1 aromatic rings. The zero-order valence-corrected chi connectivity index (χ0v) is 18.7. The molecule has 7 nitrogen and oxygen atoms in total. The topological polar surface area (TPSA) is 109 Å². The van der Waals surface area contributed by atoms with Gasteiger partial charge in [0, 0.05) is 6.04 Å². The Morgan fingerprint density at radius 1 is 1.34 bits per heavy atom. The Morgan fingerprint density at radius 2 is 2.07 bits per heavy atom. The molecule has 0 bridgehead atoms. The molecule has 2 rings (SSSR count). The monoisotopic (exact) mass is 512 g/mol. The van der Waals surface area contributed by atoms with Crippen LogP contribution in [0.15, 0.2) is 17.7 Å². The van der Waals surface area contributed by atoms with E-state index >= 15 is 0 Å². The number of nitrogens with one attached hydrogen (secondary N) is 1. The van der Waals surface area contributed by atoms with E-state index in [-0.39, 0.29) is 17.5 Å². The third-order valence-electron chi connectivity index (χ3n) is 4.78. The van der Waals surface area contributed by atoms with Crippen LogP contribution < -0.4 is 14.8 Å². The lowest BCUT2D eigenvalue weighted by molar-refractivity contribution is -0.139. The molecule has 1 saturated carbocycles. The minimum atomic E-state index is -1.09. The van der Waals surface area contributed by atoms with Crippen LogP contribution in [0.3, 0.4) is 0 Å². The minimum Gasteiger partial charge on any atom is -0.490 e. The molecule has 1 aliphatic carbocycles. The molecular formula is C21H25IN2O5. The number of benzene rings is 1. The van der Waals surface area contributed by atoms with E-state index in [1.54, 1.807) is 19.1 Å². The van der Waals surface area contributed by atoms with Crippen LogP contribution in [0.5, 0.6) is 11.5 Å². The number of nitrogens with zero attached hydrogens (tertiary/aromatic N) is 1. The number of halogens is 1. The summed E-state index contributed by atoms with van der Waals surface area (Å²) in [6.07, 6.45) is 5.75. The molecule has 0 unspecified atom stereocenters. The van der Waals surface area contributed by atoms with Crippen molar-refractivity contribution in [2.75, 3.05) is 13.2 Å². The van der Waals surface area contributed by atoms with E-state index in [2.05, 4.69) is 12.2 Å². The van der Waals surface area contributed by atoms with Crippen LogP contribution in [-0.4, -0.2) is 36.2 Å². The van der Waals surface area contributed by atoms with Gasteiger partial charge in [0.25, 0.3) is 5.91 Å². The van der Waals surface area contributed by atoms with Crippen LogP contribution in [0.25, 0.3) is 6.08 Å². The Hall–Kier alpha value is -2.28. The molecular weight excluding hydrogens is 487 g/mol. The summed E-state index contributed by atoms with van der Waals surface area (Å²) in [5.41, 5.74) is 0.615. The minimum absolute atomic E-state index is 0.0141. The Morgan fingerprint density at radius 3 is 2.69 bits per heavy atom. The van der Waals surface area contributed by atoms with Gasteiger partial charge in [-0.2, -0.15) is 5.26 Å². The molecule has 156 valence electrons. The summed E-state index contributed by atoms with van der Waals surface area (Å²) in [6, 6.07) is 5.41. The summed E-state index contributed by atoms with van der Waals surface area (Å²) >= 11 is 2.01. The summed E-state index contributed by atoms with van der Waals surface area (Å²) in [5, 5.41) is 21.3. The highest BCUT2D eigenvalue weighted by Crippen LogP contribution is 2.35. The van der Waals surface area contributed by atoms with Gasteiger partial charge in [-0.1, -0.05) is 19.8 Å². The maximum atomic E-state index is 12.6. The lowest BCUT2D eigenvalue weighted by atomic mass is 9.86. The predicted octanol–water partition coefficient (Wildman–Crippen LogP) is 3.76. The number of ether oxygens (including phenoxy) is 2. The largest absolute Gasteiger partial charge is 0.490 e. The van der Waals surface area contributed by atoms with E-state index in [9.17, 15) is 14.9 Å². The number of carboxylic acids is 1. The van der Waals surface area contributed by atoms with Gasteiger partial charge in [-0.3, -0.25) is 4.79 Å². The van der Waals surface area contributed by atoms with Gasteiger partial charge in [0.05, 0.1) is 10.2 Å².